The van der Waals surface area contributed by atoms with Crippen molar-refractivity contribution in [2.24, 2.45) is 0 Å². The molecule has 0 spiro atoms. The minimum Gasteiger partial charge on any atom is -0.395 e. The average Bonchev–Trinajstić information content (AvgIpc) is 2.54. The predicted octanol–water partition coefficient (Wildman–Crippen LogP) is 4.35. The zero-order valence-corrected chi connectivity index (χ0v) is 12.3. The van der Waals surface area contributed by atoms with Gasteiger partial charge in [-0.05, 0) is 36.8 Å². The monoisotopic (exact) mass is 268 g/mol. The van der Waals surface area contributed by atoms with Gasteiger partial charge in [-0.25, -0.2) is 0 Å². The lowest BCUT2D eigenvalue weighted by Gasteiger charge is -2.31. The number of aliphatic hydroxyl groups excluding tert-OH is 1. The van der Waals surface area contributed by atoms with E-state index in [0.29, 0.717) is 0 Å². The molecular formula is C19H24O. The normalized spacial score (nSPS) is 13.9. The number of aliphatic hydroxyl groups is 1. The summed E-state index contributed by atoms with van der Waals surface area (Å²) >= 11 is 0. The molecule has 0 aliphatic heterocycles. The molecule has 2 aromatic rings. The molecule has 0 aliphatic rings. The van der Waals surface area contributed by atoms with E-state index in [0.717, 1.165) is 25.7 Å². The Labute approximate surface area is 122 Å². The molecule has 0 radical (unpaired) electrons. The summed E-state index contributed by atoms with van der Waals surface area (Å²) in [6.45, 7) is 2.40. The quantitative estimate of drug-likeness (QED) is 0.791. The molecule has 0 bridgehead atoms. The topological polar surface area (TPSA) is 20.2 Å². The van der Waals surface area contributed by atoms with Crippen LogP contribution in [-0.4, -0.2) is 11.7 Å². The number of hydrogen-bond donors (Lipinski definition) is 1. The van der Waals surface area contributed by atoms with E-state index in [4.69, 9.17) is 0 Å². The smallest absolute Gasteiger partial charge is 0.0527 e. The van der Waals surface area contributed by atoms with Crippen LogP contribution in [0.5, 0.6) is 0 Å². The van der Waals surface area contributed by atoms with Crippen LogP contribution in [0.3, 0.4) is 0 Å². The van der Waals surface area contributed by atoms with Crippen molar-refractivity contribution in [1.29, 1.82) is 0 Å². The van der Waals surface area contributed by atoms with Crippen molar-refractivity contribution in [3.8, 4) is 0 Å². The fourth-order valence-electron chi connectivity index (χ4n) is 2.87. The summed E-state index contributed by atoms with van der Waals surface area (Å²) in [5.41, 5.74) is 2.55. The Morgan fingerprint density at radius 2 is 1.50 bits per heavy atom. The van der Waals surface area contributed by atoms with Crippen molar-refractivity contribution >= 4 is 0 Å². The summed E-state index contributed by atoms with van der Waals surface area (Å²) in [6.07, 6.45) is 4.18. The van der Waals surface area contributed by atoms with E-state index in [2.05, 4.69) is 61.5 Å². The van der Waals surface area contributed by atoms with Crippen molar-refractivity contribution in [2.75, 3.05) is 6.61 Å². The fraction of sp³-hybridized carbons (Fsp3) is 0.368. The van der Waals surface area contributed by atoms with E-state index in [-0.39, 0.29) is 12.0 Å². The molecule has 0 saturated carbocycles. The molecule has 0 saturated heterocycles. The number of hydrogen-bond acceptors (Lipinski definition) is 1. The second-order valence-corrected chi connectivity index (χ2v) is 5.50. The minimum absolute atomic E-state index is 0.0873. The van der Waals surface area contributed by atoms with Gasteiger partial charge in [-0.1, -0.05) is 67.6 Å². The number of rotatable bonds is 7. The van der Waals surface area contributed by atoms with E-state index in [1.807, 2.05) is 6.07 Å². The first-order valence-electron chi connectivity index (χ1n) is 7.51. The SMILES string of the molecule is CCC(CO)(CCCc1ccccc1)c1ccccc1. The Bertz CT molecular complexity index is 486. The first-order valence-corrected chi connectivity index (χ1v) is 7.51. The molecular weight excluding hydrogens is 244 g/mol. The zero-order valence-electron chi connectivity index (χ0n) is 12.3. The standard InChI is InChI=1S/C19H24O/c1-2-19(16-20,18-13-7-4-8-14-18)15-9-12-17-10-5-3-6-11-17/h3-8,10-11,13-14,20H,2,9,12,15-16H2,1H3. The molecule has 0 aromatic heterocycles. The van der Waals surface area contributed by atoms with Crippen LogP contribution in [0.4, 0.5) is 0 Å². The van der Waals surface area contributed by atoms with Gasteiger partial charge in [-0.2, -0.15) is 0 Å². The van der Waals surface area contributed by atoms with Crippen LogP contribution in [-0.2, 0) is 11.8 Å². The Kier molecular flexibility index (Phi) is 5.37. The van der Waals surface area contributed by atoms with Gasteiger partial charge in [0.15, 0.2) is 0 Å². The average molecular weight is 268 g/mol. The molecule has 1 nitrogen and oxygen atoms in total. The van der Waals surface area contributed by atoms with Gasteiger partial charge in [0, 0.05) is 5.41 Å². The van der Waals surface area contributed by atoms with Crippen LogP contribution in [0.2, 0.25) is 0 Å². The summed E-state index contributed by atoms with van der Waals surface area (Å²) in [7, 11) is 0. The maximum absolute atomic E-state index is 9.93. The molecule has 0 heterocycles. The van der Waals surface area contributed by atoms with Gasteiger partial charge >= 0.3 is 0 Å². The molecule has 106 valence electrons. The van der Waals surface area contributed by atoms with Gasteiger partial charge in [0.25, 0.3) is 0 Å². The summed E-state index contributed by atoms with van der Waals surface area (Å²) in [6, 6.07) is 21.0. The maximum Gasteiger partial charge on any atom is 0.0527 e. The Morgan fingerprint density at radius 1 is 0.900 bits per heavy atom. The molecule has 1 N–H and O–H groups in total. The molecule has 20 heavy (non-hydrogen) atoms. The van der Waals surface area contributed by atoms with E-state index >= 15 is 0 Å². The zero-order chi connectivity index (χ0) is 14.3. The highest BCUT2D eigenvalue weighted by Crippen LogP contribution is 2.33. The third-order valence-electron chi connectivity index (χ3n) is 4.33. The van der Waals surface area contributed by atoms with Crippen LogP contribution in [0.1, 0.15) is 37.3 Å². The number of aryl methyl sites for hydroxylation is 1. The van der Waals surface area contributed by atoms with Crippen LogP contribution in [0.25, 0.3) is 0 Å². The molecule has 0 fully saturated rings. The molecule has 2 aromatic carbocycles. The van der Waals surface area contributed by atoms with Crippen molar-refractivity contribution in [2.45, 2.75) is 38.0 Å². The van der Waals surface area contributed by atoms with E-state index in [1.165, 1.54) is 11.1 Å². The third kappa shape index (κ3) is 3.49. The van der Waals surface area contributed by atoms with Crippen LogP contribution < -0.4 is 0 Å². The first kappa shape index (κ1) is 14.8. The van der Waals surface area contributed by atoms with Crippen molar-refractivity contribution in [3.05, 3.63) is 71.8 Å². The lowest BCUT2D eigenvalue weighted by Crippen LogP contribution is -2.30. The highest BCUT2D eigenvalue weighted by Gasteiger charge is 2.28. The maximum atomic E-state index is 9.93. The van der Waals surface area contributed by atoms with Gasteiger partial charge in [0.05, 0.1) is 6.61 Å². The van der Waals surface area contributed by atoms with Gasteiger partial charge in [0.2, 0.25) is 0 Å². The Hall–Kier alpha value is -1.60. The molecule has 1 atom stereocenters. The van der Waals surface area contributed by atoms with Crippen LogP contribution >= 0.6 is 0 Å². The van der Waals surface area contributed by atoms with Crippen molar-refractivity contribution < 1.29 is 5.11 Å². The highest BCUT2D eigenvalue weighted by atomic mass is 16.3. The lowest BCUT2D eigenvalue weighted by atomic mass is 9.75. The van der Waals surface area contributed by atoms with Crippen LogP contribution in [0.15, 0.2) is 60.7 Å². The summed E-state index contributed by atoms with van der Waals surface area (Å²) in [5.74, 6) is 0. The lowest BCUT2D eigenvalue weighted by molar-refractivity contribution is 0.176. The van der Waals surface area contributed by atoms with Crippen LogP contribution in [0, 0.1) is 0 Å². The van der Waals surface area contributed by atoms with E-state index in [1.54, 1.807) is 0 Å². The predicted molar refractivity (Wildman–Crippen MR) is 84.9 cm³/mol. The van der Waals surface area contributed by atoms with E-state index in [9.17, 15) is 5.11 Å². The van der Waals surface area contributed by atoms with Gasteiger partial charge in [-0.15, -0.1) is 0 Å². The van der Waals surface area contributed by atoms with E-state index < -0.39 is 0 Å². The largest absolute Gasteiger partial charge is 0.395 e. The van der Waals surface area contributed by atoms with Gasteiger partial charge < -0.3 is 5.11 Å². The second kappa shape index (κ2) is 7.25. The molecule has 0 aliphatic carbocycles. The third-order valence-corrected chi connectivity index (χ3v) is 4.33. The minimum atomic E-state index is -0.0873. The van der Waals surface area contributed by atoms with Crippen molar-refractivity contribution in [1.82, 2.24) is 0 Å². The Morgan fingerprint density at radius 3 is 2.05 bits per heavy atom. The molecule has 0 amide bonds. The fourth-order valence-corrected chi connectivity index (χ4v) is 2.87. The van der Waals surface area contributed by atoms with Crippen molar-refractivity contribution in [3.63, 3.8) is 0 Å². The van der Waals surface area contributed by atoms with Gasteiger partial charge in [-0.3, -0.25) is 0 Å². The number of benzene rings is 2. The Balaban J connectivity index is 2.03. The molecule has 2 rings (SSSR count). The molecule has 1 unspecified atom stereocenters. The molecule has 1 heteroatoms. The highest BCUT2D eigenvalue weighted by molar-refractivity contribution is 5.25. The summed E-state index contributed by atoms with van der Waals surface area (Å²) < 4.78 is 0. The first-order chi connectivity index (χ1) is 9.80. The van der Waals surface area contributed by atoms with Gasteiger partial charge in [0.1, 0.15) is 0 Å². The second-order valence-electron chi connectivity index (χ2n) is 5.50. The summed E-state index contributed by atoms with van der Waals surface area (Å²) in [4.78, 5) is 0. The summed E-state index contributed by atoms with van der Waals surface area (Å²) in [5, 5.41) is 9.93.